The molecule has 1 saturated heterocycles. The van der Waals surface area contributed by atoms with Crippen LogP contribution in [0.25, 0.3) is 0 Å². The predicted octanol–water partition coefficient (Wildman–Crippen LogP) is 2.43. The largest absolute Gasteiger partial charge is 0.325 e. The van der Waals surface area contributed by atoms with Gasteiger partial charge in [-0.15, -0.1) is 0 Å². The Kier molecular flexibility index (Phi) is 5.76. The van der Waals surface area contributed by atoms with Crippen LogP contribution in [0.3, 0.4) is 0 Å². The van der Waals surface area contributed by atoms with Crippen LogP contribution in [0, 0.1) is 0 Å². The van der Waals surface area contributed by atoms with Gasteiger partial charge in [-0.1, -0.05) is 26.0 Å². The Morgan fingerprint density at radius 2 is 1.86 bits per heavy atom. The van der Waals surface area contributed by atoms with Gasteiger partial charge in [0.15, 0.2) is 0 Å². The monoisotopic (exact) mass is 289 g/mol. The summed E-state index contributed by atoms with van der Waals surface area (Å²) in [5.41, 5.74) is 2.18. The molecule has 2 rings (SSSR count). The third-order valence-electron chi connectivity index (χ3n) is 4.22. The average Bonchev–Trinajstić information content (AvgIpc) is 2.48. The number of nitrogens with zero attached hydrogens (tertiary/aromatic N) is 1. The molecule has 1 aromatic rings. The van der Waals surface area contributed by atoms with E-state index in [-0.39, 0.29) is 5.91 Å². The molecular formula is C17H27N3O. The van der Waals surface area contributed by atoms with Gasteiger partial charge in [-0.2, -0.15) is 0 Å². The number of rotatable bonds is 5. The minimum atomic E-state index is 0.0789. The number of hydrogen-bond donors (Lipinski definition) is 2. The first kappa shape index (κ1) is 16.0. The van der Waals surface area contributed by atoms with Crippen molar-refractivity contribution in [3.05, 3.63) is 29.8 Å². The van der Waals surface area contributed by atoms with Gasteiger partial charge in [0.1, 0.15) is 0 Å². The van der Waals surface area contributed by atoms with Gasteiger partial charge in [0.2, 0.25) is 5.91 Å². The standard InChI is InChI=1S/C17H27N3O/c1-13(2)14-4-6-16(7-5-14)19-17(21)12-20-10-8-15(18-3)9-11-20/h4-7,13,15,18H,8-12H2,1-3H3,(H,19,21). The van der Waals surface area contributed by atoms with Crippen molar-refractivity contribution in [1.29, 1.82) is 0 Å². The highest BCUT2D eigenvalue weighted by molar-refractivity contribution is 5.92. The van der Waals surface area contributed by atoms with Gasteiger partial charge in [0.25, 0.3) is 0 Å². The van der Waals surface area contributed by atoms with Crippen molar-refractivity contribution in [2.75, 3.05) is 32.0 Å². The highest BCUT2D eigenvalue weighted by atomic mass is 16.2. The quantitative estimate of drug-likeness (QED) is 0.875. The highest BCUT2D eigenvalue weighted by Crippen LogP contribution is 2.17. The lowest BCUT2D eigenvalue weighted by Gasteiger charge is -2.31. The van der Waals surface area contributed by atoms with Crippen molar-refractivity contribution in [2.24, 2.45) is 0 Å². The molecule has 0 spiro atoms. The third kappa shape index (κ3) is 4.83. The van der Waals surface area contributed by atoms with Crippen molar-refractivity contribution in [3.8, 4) is 0 Å². The van der Waals surface area contributed by atoms with Crippen LogP contribution in [0.4, 0.5) is 5.69 Å². The molecule has 0 bridgehead atoms. The summed E-state index contributed by atoms with van der Waals surface area (Å²) in [7, 11) is 2.01. The van der Waals surface area contributed by atoms with Crippen LogP contribution in [0.15, 0.2) is 24.3 Å². The Morgan fingerprint density at radius 1 is 1.24 bits per heavy atom. The SMILES string of the molecule is CNC1CCN(CC(=O)Nc2ccc(C(C)C)cc2)CC1. The van der Waals surface area contributed by atoms with Crippen molar-refractivity contribution < 1.29 is 4.79 Å². The number of anilines is 1. The van der Waals surface area contributed by atoms with Crippen LogP contribution in [0.1, 0.15) is 38.2 Å². The molecule has 1 aliphatic rings. The van der Waals surface area contributed by atoms with E-state index in [0.717, 1.165) is 31.6 Å². The summed E-state index contributed by atoms with van der Waals surface area (Å²) in [5.74, 6) is 0.596. The van der Waals surface area contributed by atoms with E-state index in [2.05, 4.69) is 41.5 Å². The number of carbonyl (C=O) groups excluding carboxylic acids is 1. The Balaban J connectivity index is 1.79. The van der Waals surface area contributed by atoms with Gasteiger partial charge in [-0.05, 0) is 43.5 Å². The average molecular weight is 289 g/mol. The van der Waals surface area contributed by atoms with Gasteiger partial charge >= 0.3 is 0 Å². The number of piperidine rings is 1. The summed E-state index contributed by atoms with van der Waals surface area (Å²) in [6.07, 6.45) is 2.24. The van der Waals surface area contributed by atoms with Crippen LogP contribution < -0.4 is 10.6 Å². The molecule has 1 fully saturated rings. The van der Waals surface area contributed by atoms with E-state index in [4.69, 9.17) is 0 Å². The normalized spacial score (nSPS) is 17.1. The molecule has 4 nitrogen and oxygen atoms in total. The zero-order valence-electron chi connectivity index (χ0n) is 13.4. The molecule has 0 aromatic heterocycles. The van der Waals surface area contributed by atoms with Gasteiger partial charge in [-0.3, -0.25) is 9.69 Å². The first-order valence-electron chi connectivity index (χ1n) is 7.88. The minimum absolute atomic E-state index is 0.0789. The van der Waals surface area contributed by atoms with Crippen LogP contribution in [-0.4, -0.2) is 43.5 Å². The molecule has 1 heterocycles. The molecule has 116 valence electrons. The maximum Gasteiger partial charge on any atom is 0.238 e. The van der Waals surface area contributed by atoms with Crippen LogP contribution in [0.2, 0.25) is 0 Å². The zero-order valence-corrected chi connectivity index (χ0v) is 13.4. The lowest BCUT2D eigenvalue weighted by atomic mass is 10.0. The molecule has 2 N–H and O–H groups in total. The van der Waals surface area contributed by atoms with Crippen LogP contribution in [-0.2, 0) is 4.79 Å². The Bertz CT molecular complexity index is 448. The number of benzene rings is 1. The molecule has 0 atom stereocenters. The predicted molar refractivity (Wildman–Crippen MR) is 87.7 cm³/mol. The van der Waals surface area contributed by atoms with E-state index >= 15 is 0 Å². The number of nitrogens with one attached hydrogen (secondary N) is 2. The van der Waals surface area contributed by atoms with Crippen LogP contribution >= 0.6 is 0 Å². The van der Waals surface area contributed by atoms with Crippen LogP contribution in [0.5, 0.6) is 0 Å². The molecule has 0 unspecified atom stereocenters. The number of carbonyl (C=O) groups is 1. The molecule has 0 aliphatic carbocycles. The van der Waals surface area contributed by atoms with E-state index in [1.165, 1.54) is 5.56 Å². The number of likely N-dealkylation sites (tertiary alicyclic amines) is 1. The van der Waals surface area contributed by atoms with E-state index in [1.54, 1.807) is 0 Å². The first-order valence-corrected chi connectivity index (χ1v) is 7.88. The minimum Gasteiger partial charge on any atom is -0.325 e. The van der Waals surface area contributed by atoms with Gasteiger partial charge in [0.05, 0.1) is 6.54 Å². The molecule has 1 amide bonds. The Labute approximate surface area is 127 Å². The Hall–Kier alpha value is -1.39. The van der Waals surface area contributed by atoms with E-state index < -0.39 is 0 Å². The zero-order chi connectivity index (χ0) is 15.2. The molecule has 4 heteroatoms. The number of amides is 1. The van der Waals surface area contributed by atoms with Crippen molar-refractivity contribution >= 4 is 11.6 Å². The van der Waals surface area contributed by atoms with Crippen molar-refractivity contribution in [2.45, 2.75) is 38.6 Å². The summed E-state index contributed by atoms with van der Waals surface area (Å²) in [6, 6.07) is 8.74. The lowest BCUT2D eigenvalue weighted by molar-refractivity contribution is -0.117. The molecule has 0 radical (unpaired) electrons. The van der Waals surface area contributed by atoms with Gasteiger partial charge in [0, 0.05) is 24.8 Å². The third-order valence-corrected chi connectivity index (χ3v) is 4.22. The summed E-state index contributed by atoms with van der Waals surface area (Å²) in [6.45, 7) is 6.81. The first-order chi connectivity index (χ1) is 10.1. The summed E-state index contributed by atoms with van der Waals surface area (Å²) in [5, 5.41) is 6.29. The topological polar surface area (TPSA) is 44.4 Å². The smallest absolute Gasteiger partial charge is 0.238 e. The number of hydrogen-bond acceptors (Lipinski definition) is 3. The fourth-order valence-corrected chi connectivity index (χ4v) is 2.73. The molecule has 1 aliphatic heterocycles. The Morgan fingerprint density at radius 3 is 2.38 bits per heavy atom. The summed E-state index contributed by atoms with van der Waals surface area (Å²) in [4.78, 5) is 14.3. The van der Waals surface area contributed by atoms with Gasteiger partial charge in [-0.25, -0.2) is 0 Å². The molecular weight excluding hydrogens is 262 g/mol. The lowest BCUT2D eigenvalue weighted by Crippen LogP contribution is -2.44. The second-order valence-corrected chi connectivity index (χ2v) is 6.16. The molecule has 0 saturated carbocycles. The van der Waals surface area contributed by atoms with Crippen molar-refractivity contribution in [1.82, 2.24) is 10.2 Å². The van der Waals surface area contributed by atoms with Crippen molar-refractivity contribution in [3.63, 3.8) is 0 Å². The maximum absolute atomic E-state index is 12.1. The maximum atomic E-state index is 12.1. The second-order valence-electron chi connectivity index (χ2n) is 6.16. The fourth-order valence-electron chi connectivity index (χ4n) is 2.73. The summed E-state index contributed by atoms with van der Waals surface area (Å²) < 4.78 is 0. The molecule has 1 aromatic carbocycles. The fraction of sp³-hybridized carbons (Fsp3) is 0.588. The second kappa shape index (κ2) is 7.57. The van der Waals surface area contributed by atoms with E-state index in [1.807, 2.05) is 19.2 Å². The van der Waals surface area contributed by atoms with E-state index in [9.17, 15) is 4.79 Å². The highest BCUT2D eigenvalue weighted by Gasteiger charge is 2.19. The van der Waals surface area contributed by atoms with Gasteiger partial charge < -0.3 is 10.6 Å². The molecule has 21 heavy (non-hydrogen) atoms. The summed E-state index contributed by atoms with van der Waals surface area (Å²) >= 11 is 0. The van der Waals surface area contributed by atoms with E-state index in [0.29, 0.717) is 18.5 Å².